The van der Waals surface area contributed by atoms with Crippen LogP contribution in [0.25, 0.3) is 88.3 Å². The van der Waals surface area contributed by atoms with Gasteiger partial charge in [-0.05, 0) is 63.7 Å². The van der Waals surface area contributed by atoms with Crippen LogP contribution in [0.15, 0.2) is 191 Å². The summed E-state index contributed by atoms with van der Waals surface area (Å²) in [5.74, 6) is 0. The highest BCUT2D eigenvalue weighted by atomic mass is 32.2. The van der Waals surface area contributed by atoms with Crippen molar-refractivity contribution in [3.05, 3.63) is 188 Å². The van der Waals surface area contributed by atoms with E-state index in [4.69, 9.17) is 9.40 Å². The zero-order valence-electron chi connectivity index (χ0n) is 29.2. The average Bonchev–Trinajstić information content (AvgIpc) is 3.85. The highest BCUT2D eigenvalue weighted by Gasteiger charge is 2.24. The Morgan fingerprint density at radius 2 is 1.07 bits per heavy atom. The Kier molecular flexibility index (Phi) is 7.17. The van der Waals surface area contributed by atoms with Crippen molar-refractivity contribution in [3.63, 3.8) is 0 Å². The normalized spacial score (nSPS) is 13.8. The van der Waals surface area contributed by atoms with Gasteiger partial charge in [-0.25, -0.2) is 4.98 Å². The van der Waals surface area contributed by atoms with Crippen LogP contribution in [0.2, 0.25) is 0 Å². The van der Waals surface area contributed by atoms with Gasteiger partial charge < -0.3 is 9.73 Å². The summed E-state index contributed by atoms with van der Waals surface area (Å²) in [6, 6.07) is 64.9. The van der Waals surface area contributed by atoms with Crippen LogP contribution in [0, 0.1) is 0 Å². The molecule has 1 atom stereocenters. The van der Waals surface area contributed by atoms with Gasteiger partial charge in [0, 0.05) is 48.6 Å². The lowest BCUT2D eigenvalue weighted by Gasteiger charge is -2.16. The second-order valence-electron chi connectivity index (χ2n) is 13.9. The molecule has 11 rings (SSSR count). The Morgan fingerprint density at radius 1 is 0.463 bits per heavy atom. The number of anilines is 1. The summed E-state index contributed by atoms with van der Waals surface area (Å²) in [7, 11) is 0. The number of para-hydroxylation sites is 2. The maximum Gasteiger partial charge on any atom is 0.136 e. The molecule has 3 heterocycles. The van der Waals surface area contributed by atoms with E-state index in [0.717, 1.165) is 55.0 Å². The molecule has 1 N–H and O–H groups in total. The monoisotopic (exact) mass is 708 g/mol. The standard InChI is InChI=1S/C50H32N2OS/c1-3-11-34(12-4-1)46-47-38-15-7-9-17-41(38)51-49(40(47)30-44-48(46)39-16-8-10-18-43(39)53-44)35-25-23-32(24-26-35)31-19-21-33(22-20-31)37-27-28-42-45(29-37)54-50(52-42)36-13-5-2-6-14-36/h1-30,50,52H. The van der Waals surface area contributed by atoms with Gasteiger partial charge in [-0.3, -0.25) is 0 Å². The fourth-order valence-electron chi connectivity index (χ4n) is 8.10. The molecule has 0 bridgehead atoms. The number of nitrogens with one attached hydrogen (secondary N) is 1. The van der Waals surface area contributed by atoms with Gasteiger partial charge in [0.15, 0.2) is 0 Å². The Bertz CT molecular complexity index is 3030. The molecule has 3 nitrogen and oxygen atoms in total. The third-order valence-electron chi connectivity index (χ3n) is 10.7. The Balaban J connectivity index is 0.979. The molecule has 0 saturated carbocycles. The van der Waals surface area contributed by atoms with Crippen molar-refractivity contribution >= 4 is 61.1 Å². The molecule has 10 aromatic rings. The molecule has 1 aliphatic heterocycles. The van der Waals surface area contributed by atoms with Gasteiger partial charge in [0.1, 0.15) is 16.5 Å². The Hall–Kier alpha value is -6.62. The van der Waals surface area contributed by atoms with Crippen molar-refractivity contribution in [1.29, 1.82) is 0 Å². The molecular weight excluding hydrogens is 677 g/mol. The van der Waals surface area contributed by atoms with Crippen molar-refractivity contribution in [2.45, 2.75) is 10.3 Å². The van der Waals surface area contributed by atoms with E-state index in [1.54, 1.807) is 0 Å². The highest BCUT2D eigenvalue weighted by molar-refractivity contribution is 8.00. The fraction of sp³-hybridized carbons (Fsp3) is 0.0200. The molecular formula is C50H32N2OS. The van der Waals surface area contributed by atoms with E-state index < -0.39 is 0 Å². The second-order valence-corrected chi connectivity index (χ2v) is 15.1. The van der Waals surface area contributed by atoms with Crippen LogP contribution in [-0.4, -0.2) is 4.98 Å². The largest absolute Gasteiger partial charge is 0.456 e. The van der Waals surface area contributed by atoms with E-state index in [0.29, 0.717) is 0 Å². The molecule has 2 aromatic heterocycles. The van der Waals surface area contributed by atoms with Gasteiger partial charge >= 0.3 is 0 Å². The number of nitrogens with zero attached hydrogens (tertiary/aromatic N) is 1. The molecule has 0 spiro atoms. The van der Waals surface area contributed by atoms with E-state index in [1.165, 1.54) is 49.3 Å². The minimum absolute atomic E-state index is 0.238. The summed E-state index contributed by atoms with van der Waals surface area (Å²) < 4.78 is 6.56. The van der Waals surface area contributed by atoms with Crippen LogP contribution in [0.3, 0.4) is 0 Å². The smallest absolute Gasteiger partial charge is 0.136 e. The van der Waals surface area contributed by atoms with Gasteiger partial charge in [0.25, 0.3) is 0 Å². The second kappa shape index (κ2) is 12.5. The van der Waals surface area contributed by atoms with E-state index in [-0.39, 0.29) is 5.37 Å². The zero-order chi connectivity index (χ0) is 35.6. The van der Waals surface area contributed by atoms with Gasteiger partial charge in [-0.2, -0.15) is 0 Å². The number of hydrogen-bond donors (Lipinski definition) is 1. The molecule has 8 aromatic carbocycles. The predicted molar refractivity (Wildman–Crippen MR) is 227 cm³/mol. The molecule has 254 valence electrons. The summed E-state index contributed by atoms with van der Waals surface area (Å²) in [5.41, 5.74) is 14.3. The maximum absolute atomic E-state index is 6.56. The number of hydrogen-bond acceptors (Lipinski definition) is 4. The first-order chi connectivity index (χ1) is 26.7. The average molecular weight is 709 g/mol. The topological polar surface area (TPSA) is 38.1 Å². The van der Waals surface area contributed by atoms with E-state index in [1.807, 2.05) is 17.8 Å². The fourth-order valence-corrected chi connectivity index (χ4v) is 9.28. The molecule has 1 unspecified atom stereocenters. The number of furan rings is 1. The highest BCUT2D eigenvalue weighted by Crippen LogP contribution is 2.48. The molecule has 0 aliphatic carbocycles. The van der Waals surface area contributed by atoms with Crippen molar-refractivity contribution in [2.24, 2.45) is 0 Å². The molecule has 1 aliphatic rings. The van der Waals surface area contributed by atoms with E-state index >= 15 is 0 Å². The minimum atomic E-state index is 0.238. The van der Waals surface area contributed by atoms with Crippen molar-refractivity contribution < 1.29 is 4.42 Å². The molecule has 0 saturated heterocycles. The maximum atomic E-state index is 6.56. The quantitative estimate of drug-likeness (QED) is 0.181. The zero-order valence-corrected chi connectivity index (χ0v) is 30.0. The third-order valence-corrected chi connectivity index (χ3v) is 11.9. The van der Waals surface area contributed by atoms with E-state index in [9.17, 15) is 0 Å². The number of aromatic nitrogens is 1. The molecule has 0 radical (unpaired) electrons. The first kappa shape index (κ1) is 31.0. The van der Waals surface area contributed by atoms with Crippen LogP contribution >= 0.6 is 11.8 Å². The number of thioether (sulfide) groups is 1. The lowest BCUT2D eigenvalue weighted by atomic mass is 9.89. The summed E-state index contributed by atoms with van der Waals surface area (Å²) in [6.45, 7) is 0. The molecule has 0 fully saturated rings. The van der Waals surface area contributed by atoms with Gasteiger partial charge in [-0.1, -0.05) is 163 Å². The first-order valence-electron chi connectivity index (χ1n) is 18.3. The number of pyridine rings is 1. The summed E-state index contributed by atoms with van der Waals surface area (Å²) >= 11 is 1.88. The number of fused-ring (bicyclic) bond motifs is 7. The van der Waals surface area contributed by atoms with Crippen LogP contribution in [-0.2, 0) is 0 Å². The lowest BCUT2D eigenvalue weighted by Crippen LogP contribution is -2.00. The van der Waals surface area contributed by atoms with Crippen LogP contribution in [0.5, 0.6) is 0 Å². The number of rotatable bonds is 5. The van der Waals surface area contributed by atoms with Gasteiger partial charge in [0.05, 0.1) is 11.2 Å². The summed E-state index contributed by atoms with van der Waals surface area (Å²) in [6.07, 6.45) is 0. The molecule has 4 heteroatoms. The molecule has 54 heavy (non-hydrogen) atoms. The van der Waals surface area contributed by atoms with E-state index in [2.05, 4.69) is 181 Å². The summed E-state index contributed by atoms with van der Waals surface area (Å²) in [4.78, 5) is 6.60. The van der Waals surface area contributed by atoms with Crippen molar-refractivity contribution in [1.82, 2.24) is 4.98 Å². The van der Waals surface area contributed by atoms with Gasteiger partial charge in [-0.15, -0.1) is 0 Å². The Morgan fingerprint density at radius 3 is 1.83 bits per heavy atom. The van der Waals surface area contributed by atoms with Crippen molar-refractivity contribution in [3.8, 4) is 44.6 Å². The third kappa shape index (κ3) is 5.10. The number of benzene rings is 8. The van der Waals surface area contributed by atoms with Crippen LogP contribution in [0.4, 0.5) is 5.69 Å². The summed E-state index contributed by atoms with van der Waals surface area (Å²) in [5, 5.41) is 9.57. The van der Waals surface area contributed by atoms with Crippen molar-refractivity contribution in [2.75, 3.05) is 5.32 Å². The van der Waals surface area contributed by atoms with Gasteiger partial charge in [0.2, 0.25) is 0 Å². The lowest BCUT2D eigenvalue weighted by molar-refractivity contribution is 0.669. The van der Waals surface area contributed by atoms with Crippen LogP contribution < -0.4 is 5.32 Å². The minimum Gasteiger partial charge on any atom is -0.456 e. The molecule has 0 amide bonds. The first-order valence-corrected chi connectivity index (χ1v) is 19.2. The Labute approximate surface area is 316 Å². The predicted octanol–water partition coefficient (Wildman–Crippen LogP) is 14.2. The van der Waals surface area contributed by atoms with Crippen LogP contribution in [0.1, 0.15) is 10.9 Å². The SMILES string of the molecule is c1ccc(-c2c3c(cc4c(-c5ccc(-c6ccc(-c7ccc8c(c7)SC(c7ccccc7)N8)cc6)cc5)nc5ccccc5c24)oc2ccccc23)cc1.